The molecule has 0 radical (unpaired) electrons. The lowest BCUT2D eigenvalue weighted by Gasteiger charge is -2.33. The van der Waals surface area contributed by atoms with Crippen molar-refractivity contribution in [2.75, 3.05) is 26.2 Å². The number of hydrogen-bond donors (Lipinski definition) is 0. The lowest BCUT2D eigenvalue weighted by molar-refractivity contribution is -0.139. The van der Waals surface area contributed by atoms with E-state index in [0.29, 0.717) is 25.3 Å². The number of aryl methyl sites for hydroxylation is 1. The summed E-state index contributed by atoms with van der Waals surface area (Å²) in [5.74, 6) is 0.326. The van der Waals surface area contributed by atoms with E-state index in [2.05, 4.69) is 4.98 Å². The zero-order valence-electron chi connectivity index (χ0n) is 16.0. The molecular weight excluding hydrogens is 344 g/mol. The SMILES string of the molecule is Cn1ccnc1C(=O)C1CCCN(C(=O)CN2CC3(CCCC3)CC2=O)C1. The smallest absolute Gasteiger partial charge is 0.242 e. The molecule has 1 aliphatic carbocycles. The van der Waals surface area contributed by atoms with Crippen molar-refractivity contribution < 1.29 is 14.4 Å². The molecule has 1 aromatic heterocycles. The number of carbonyl (C=O) groups excluding carboxylic acids is 3. The maximum atomic E-state index is 12.8. The van der Waals surface area contributed by atoms with Gasteiger partial charge < -0.3 is 14.4 Å². The molecule has 3 heterocycles. The molecule has 3 aliphatic rings. The molecule has 2 saturated heterocycles. The first-order valence-corrected chi connectivity index (χ1v) is 10.0. The van der Waals surface area contributed by atoms with Gasteiger partial charge in [-0.1, -0.05) is 12.8 Å². The van der Waals surface area contributed by atoms with E-state index in [1.807, 2.05) is 7.05 Å². The molecule has 146 valence electrons. The predicted molar refractivity (Wildman–Crippen MR) is 98.9 cm³/mol. The van der Waals surface area contributed by atoms with Crippen LogP contribution in [-0.4, -0.2) is 63.1 Å². The normalized spacial score (nSPS) is 24.8. The average molecular weight is 372 g/mol. The second kappa shape index (κ2) is 7.09. The van der Waals surface area contributed by atoms with Crippen molar-refractivity contribution in [1.29, 1.82) is 0 Å². The first-order valence-electron chi connectivity index (χ1n) is 10.0. The van der Waals surface area contributed by atoms with E-state index >= 15 is 0 Å². The monoisotopic (exact) mass is 372 g/mol. The van der Waals surface area contributed by atoms with Crippen LogP contribution >= 0.6 is 0 Å². The van der Waals surface area contributed by atoms with E-state index in [4.69, 9.17) is 0 Å². The molecule has 4 rings (SSSR count). The van der Waals surface area contributed by atoms with E-state index in [-0.39, 0.29) is 35.5 Å². The summed E-state index contributed by atoms with van der Waals surface area (Å²) in [6.07, 6.45) is 10.2. The lowest BCUT2D eigenvalue weighted by Crippen LogP contribution is -2.47. The van der Waals surface area contributed by atoms with Crippen LogP contribution in [-0.2, 0) is 16.6 Å². The van der Waals surface area contributed by atoms with E-state index < -0.39 is 0 Å². The zero-order chi connectivity index (χ0) is 19.0. The first-order chi connectivity index (χ1) is 13.0. The number of ketones is 1. The summed E-state index contributed by atoms with van der Waals surface area (Å²) < 4.78 is 1.73. The van der Waals surface area contributed by atoms with Gasteiger partial charge in [-0.25, -0.2) is 4.98 Å². The fraction of sp³-hybridized carbons (Fsp3) is 0.700. The summed E-state index contributed by atoms with van der Waals surface area (Å²) in [5, 5.41) is 0. The van der Waals surface area contributed by atoms with Gasteiger partial charge in [0.15, 0.2) is 5.82 Å². The second-order valence-electron chi connectivity index (χ2n) is 8.54. The average Bonchev–Trinajstić information content (AvgIpc) is 3.36. The minimum Gasteiger partial charge on any atom is -0.340 e. The van der Waals surface area contributed by atoms with Crippen molar-refractivity contribution in [3.8, 4) is 0 Å². The molecule has 7 nitrogen and oxygen atoms in total. The van der Waals surface area contributed by atoms with Crippen LogP contribution in [0.2, 0.25) is 0 Å². The van der Waals surface area contributed by atoms with Crippen molar-refractivity contribution in [2.24, 2.45) is 18.4 Å². The third-order valence-corrected chi connectivity index (χ3v) is 6.58. The predicted octanol–water partition coefficient (Wildman–Crippen LogP) is 1.63. The van der Waals surface area contributed by atoms with Gasteiger partial charge in [0.25, 0.3) is 0 Å². The molecule has 0 aromatic carbocycles. The number of aromatic nitrogens is 2. The quantitative estimate of drug-likeness (QED) is 0.753. The third-order valence-electron chi connectivity index (χ3n) is 6.58. The van der Waals surface area contributed by atoms with Crippen LogP contribution in [0.4, 0.5) is 0 Å². The van der Waals surface area contributed by atoms with Gasteiger partial charge in [-0.05, 0) is 31.1 Å². The summed E-state index contributed by atoms with van der Waals surface area (Å²) in [6, 6.07) is 0. The van der Waals surface area contributed by atoms with Crippen molar-refractivity contribution >= 4 is 17.6 Å². The van der Waals surface area contributed by atoms with Gasteiger partial charge >= 0.3 is 0 Å². The standard InChI is InChI=1S/C20H28N4O3/c1-22-10-8-21-19(22)18(27)15-5-4-9-23(12-15)17(26)13-24-14-20(11-16(24)25)6-2-3-7-20/h8,10,15H,2-7,9,11-14H2,1H3. The molecule has 1 aromatic rings. The van der Waals surface area contributed by atoms with Gasteiger partial charge in [0.05, 0.1) is 6.54 Å². The highest BCUT2D eigenvalue weighted by atomic mass is 16.2. The lowest BCUT2D eigenvalue weighted by atomic mass is 9.85. The van der Waals surface area contributed by atoms with Crippen molar-refractivity contribution in [3.63, 3.8) is 0 Å². The number of nitrogens with zero attached hydrogens (tertiary/aromatic N) is 4. The van der Waals surface area contributed by atoms with Crippen molar-refractivity contribution in [2.45, 2.75) is 44.9 Å². The highest BCUT2D eigenvalue weighted by Crippen LogP contribution is 2.45. The highest BCUT2D eigenvalue weighted by Gasteiger charge is 2.45. The zero-order valence-corrected chi connectivity index (χ0v) is 16.0. The summed E-state index contributed by atoms with van der Waals surface area (Å²) >= 11 is 0. The van der Waals surface area contributed by atoms with Crippen molar-refractivity contribution in [3.05, 3.63) is 18.2 Å². The summed E-state index contributed by atoms with van der Waals surface area (Å²) in [5.41, 5.74) is 0.121. The van der Waals surface area contributed by atoms with Crippen LogP contribution < -0.4 is 0 Å². The molecule has 3 fully saturated rings. The molecule has 2 aliphatic heterocycles. The molecule has 1 spiro atoms. The highest BCUT2D eigenvalue weighted by molar-refractivity contribution is 5.95. The summed E-state index contributed by atoms with van der Waals surface area (Å²) in [4.78, 5) is 45.6. The van der Waals surface area contributed by atoms with Crippen LogP contribution in [0.25, 0.3) is 0 Å². The van der Waals surface area contributed by atoms with E-state index in [1.54, 1.807) is 26.8 Å². The minimum atomic E-state index is -0.209. The molecule has 1 atom stereocenters. The molecule has 7 heteroatoms. The molecule has 0 N–H and O–H groups in total. The Morgan fingerprint density at radius 2 is 2.04 bits per heavy atom. The van der Waals surface area contributed by atoms with Gasteiger partial charge in [-0.15, -0.1) is 0 Å². The van der Waals surface area contributed by atoms with Crippen LogP contribution in [0.5, 0.6) is 0 Å². The van der Waals surface area contributed by atoms with E-state index in [0.717, 1.165) is 32.2 Å². The number of carbonyl (C=O) groups is 3. The van der Waals surface area contributed by atoms with Gasteiger partial charge in [-0.2, -0.15) is 0 Å². The fourth-order valence-electron chi connectivity index (χ4n) is 5.05. The number of rotatable bonds is 4. The Bertz CT molecular complexity index is 750. The first kappa shape index (κ1) is 18.2. The number of imidazole rings is 1. The number of Topliss-reactive ketones (excluding diaryl/α,β-unsaturated/α-hetero) is 1. The molecule has 1 saturated carbocycles. The molecular formula is C20H28N4O3. The number of likely N-dealkylation sites (tertiary alicyclic amines) is 2. The van der Waals surface area contributed by atoms with Crippen LogP contribution in [0.3, 0.4) is 0 Å². The fourth-order valence-corrected chi connectivity index (χ4v) is 5.05. The van der Waals surface area contributed by atoms with Gasteiger partial charge in [0.2, 0.25) is 17.6 Å². The maximum Gasteiger partial charge on any atom is 0.242 e. The molecule has 0 bridgehead atoms. The Balaban J connectivity index is 1.37. The Morgan fingerprint density at radius 1 is 1.26 bits per heavy atom. The topological polar surface area (TPSA) is 75.5 Å². The summed E-state index contributed by atoms with van der Waals surface area (Å²) in [6.45, 7) is 1.97. The van der Waals surface area contributed by atoms with Crippen LogP contribution in [0.15, 0.2) is 12.4 Å². The van der Waals surface area contributed by atoms with Gasteiger partial charge in [-0.3, -0.25) is 14.4 Å². The van der Waals surface area contributed by atoms with Crippen LogP contribution in [0.1, 0.15) is 55.6 Å². The Kier molecular flexibility index (Phi) is 4.78. The third kappa shape index (κ3) is 3.51. The molecule has 1 unspecified atom stereocenters. The number of amides is 2. The minimum absolute atomic E-state index is 0.00200. The van der Waals surface area contributed by atoms with Crippen molar-refractivity contribution in [1.82, 2.24) is 19.4 Å². The van der Waals surface area contributed by atoms with Gasteiger partial charge in [0.1, 0.15) is 0 Å². The largest absolute Gasteiger partial charge is 0.340 e. The van der Waals surface area contributed by atoms with E-state index in [9.17, 15) is 14.4 Å². The van der Waals surface area contributed by atoms with E-state index in [1.165, 1.54) is 12.8 Å². The number of hydrogen-bond acceptors (Lipinski definition) is 4. The van der Waals surface area contributed by atoms with Gasteiger partial charge in [0, 0.05) is 51.4 Å². The Morgan fingerprint density at radius 3 is 2.74 bits per heavy atom. The Labute approximate surface area is 159 Å². The molecule has 27 heavy (non-hydrogen) atoms. The summed E-state index contributed by atoms with van der Waals surface area (Å²) in [7, 11) is 1.81. The maximum absolute atomic E-state index is 12.8. The number of piperidine rings is 1. The second-order valence-corrected chi connectivity index (χ2v) is 8.54. The molecule has 2 amide bonds. The Hall–Kier alpha value is -2.18. The van der Waals surface area contributed by atoms with Crippen LogP contribution in [0, 0.1) is 11.3 Å².